The fourth-order valence-corrected chi connectivity index (χ4v) is 2.35. The van der Waals surface area contributed by atoms with Crippen molar-refractivity contribution >= 4 is 0 Å². The molecule has 2 heterocycles. The van der Waals surface area contributed by atoms with Crippen molar-refractivity contribution in [2.45, 2.75) is 30.7 Å². The van der Waals surface area contributed by atoms with Gasteiger partial charge in [-0.05, 0) is 14.1 Å². The van der Waals surface area contributed by atoms with E-state index in [9.17, 15) is 5.11 Å². The first kappa shape index (κ1) is 9.19. The van der Waals surface area contributed by atoms with Crippen LogP contribution >= 0.6 is 0 Å². The van der Waals surface area contributed by atoms with Crippen LogP contribution in [0, 0.1) is 0 Å². The number of aliphatic hydroxyl groups is 1. The number of hydrogen-bond donors (Lipinski definition) is 1. The van der Waals surface area contributed by atoms with Gasteiger partial charge in [-0.15, -0.1) is 0 Å². The van der Waals surface area contributed by atoms with E-state index in [4.69, 9.17) is 4.74 Å². The van der Waals surface area contributed by atoms with Crippen LogP contribution in [-0.2, 0) is 4.74 Å². The third-order valence-corrected chi connectivity index (χ3v) is 2.67. The topological polar surface area (TPSA) is 32.7 Å². The van der Waals surface area contributed by atoms with Gasteiger partial charge in [-0.2, -0.15) is 0 Å². The highest BCUT2D eigenvalue weighted by molar-refractivity contribution is 5.16. The molecule has 74 valence electrons. The Morgan fingerprint density at radius 1 is 1.62 bits per heavy atom. The third kappa shape index (κ3) is 1.77. The van der Waals surface area contributed by atoms with E-state index >= 15 is 0 Å². The number of rotatable bonds is 2. The standard InChI is InChI=1S/C10H17NO2/c1-11(2)7-10-4-3-9(13-10)5-8(12)6-10/h3-4,8-9,12H,5-7H2,1-2H3/t8-,9-,10+/m0/s1. The van der Waals surface area contributed by atoms with Crippen molar-refractivity contribution in [2.24, 2.45) is 0 Å². The van der Waals surface area contributed by atoms with Crippen LogP contribution in [0.2, 0.25) is 0 Å². The minimum atomic E-state index is -0.216. The van der Waals surface area contributed by atoms with Crippen LogP contribution in [0.5, 0.6) is 0 Å². The molecule has 0 amide bonds. The summed E-state index contributed by atoms with van der Waals surface area (Å²) in [5.41, 5.74) is -0.216. The van der Waals surface area contributed by atoms with Crippen molar-refractivity contribution in [1.29, 1.82) is 0 Å². The van der Waals surface area contributed by atoms with E-state index < -0.39 is 0 Å². The van der Waals surface area contributed by atoms with Crippen LogP contribution < -0.4 is 0 Å². The van der Waals surface area contributed by atoms with Gasteiger partial charge < -0.3 is 14.7 Å². The maximum atomic E-state index is 9.63. The van der Waals surface area contributed by atoms with Crippen LogP contribution in [0.1, 0.15) is 12.8 Å². The summed E-state index contributed by atoms with van der Waals surface area (Å²) < 4.78 is 5.85. The Kier molecular flexibility index (Phi) is 2.18. The van der Waals surface area contributed by atoms with Gasteiger partial charge in [0.2, 0.25) is 0 Å². The molecule has 1 saturated heterocycles. The van der Waals surface area contributed by atoms with Crippen LogP contribution in [0.15, 0.2) is 12.2 Å². The van der Waals surface area contributed by atoms with Gasteiger partial charge in [0.25, 0.3) is 0 Å². The predicted molar refractivity (Wildman–Crippen MR) is 50.5 cm³/mol. The molecule has 3 heteroatoms. The average Bonchev–Trinajstić information content (AvgIpc) is 2.24. The molecule has 0 radical (unpaired) electrons. The normalized spacial score (nSPS) is 43.1. The van der Waals surface area contributed by atoms with E-state index in [-0.39, 0.29) is 17.8 Å². The average molecular weight is 183 g/mol. The van der Waals surface area contributed by atoms with Gasteiger partial charge in [-0.3, -0.25) is 0 Å². The van der Waals surface area contributed by atoms with E-state index in [1.54, 1.807) is 0 Å². The highest BCUT2D eigenvalue weighted by atomic mass is 16.5. The van der Waals surface area contributed by atoms with E-state index in [1.165, 1.54) is 0 Å². The van der Waals surface area contributed by atoms with Crippen molar-refractivity contribution < 1.29 is 9.84 Å². The zero-order valence-corrected chi connectivity index (χ0v) is 8.23. The lowest BCUT2D eigenvalue weighted by Crippen LogP contribution is -2.46. The first-order valence-electron chi connectivity index (χ1n) is 4.80. The van der Waals surface area contributed by atoms with Gasteiger partial charge in [0.15, 0.2) is 0 Å². The lowest BCUT2D eigenvalue weighted by atomic mass is 9.93. The molecule has 2 rings (SSSR count). The van der Waals surface area contributed by atoms with Crippen LogP contribution in [0.4, 0.5) is 0 Å². The lowest BCUT2D eigenvalue weighted by molar-refractivity contribution is -0.111. The monoisotopic (exact) mass is 183 g/mol. The highest BCUT2D eigenvalue weighted by Crippen LogP contribution is 2.36. The Bertz CT molecular complexity index is 223. The van der Waals surface area contributed by atoms with Crippen molar-refractivity contribution in [2.75, 3.05) is 20.6 Å². The first-order valence-corrected chi connectivity index (χ1v) is 4.80. The Morgan fingerprint density at radius 2 is 2.38 bits per heavy atom. The molecule has 0 aromatic rings. The fraction of sp³-hybridized carbons (Fsp3) is 0.800. The minimum Gasteiger partial charge on any atom is -0.393 e. The smallest absolute Gasteiger partial charge is 0.102 e. The third-order valence-electron chi connectivity index (χ3n) is 2.67. The highest BCUT2D eigenvalue weighted by Gasteiger charge is 2.42. The van der Waals surface area contributed by atoms with Gasteiger partial charge in [0, 0.05) is 19.4 Å². The number of aliphatic hydroxyl groups excluding tert-OH is 1. The maximum absolute atomic E-state index is 9.63. The zero-order valence-electron chi connectivity index (χ0n) is 8.23. The lowest BCUT2D eigenvalue weighted by Gasteiger charge is -2.37. The van der Waals surface area contributed by atoms with Gasteiger partial charge in [0.1, 0.15) is 5.60 Å². The van der Waals surface area contributed by atoms with Crippen LogP contribution in [0.3, 0.4) is 0 Å². The number of fused-ring (bicyclic) bond motifs is 2. The summed E-state index contributed by atoms with van der Waals surface area (Å²) in [7, 11) is 4.06. The Hall–Kier alpha value is -0.380. The summed E-state index contributed by atoms with van der Waals surface area (Å²) in [5, 5.41) is 9.63. The molecule has 0 spiro atoms. The number of likely N-dealkylation sites (N-methyl/N-ethyl adjacent to an activating group) is 1. The van der Waals surface area contributed by atoms with E-state index in [2.05, 4.69) is 17.1 Å². The number of hydrogen-bond acceptors (Lipinski definition) is 3. The van der Waals surface area contributed by atoms with Crippen molar-refractivity contribution in [3.8, 4) is 0 Å². The maximum Gasteiger partial charge on any atom is 0.102 e. The van der Waals surface area contributed by atoms with Gasteiger partial charge >= 0.3 is 0 Å². The number of nitrogens with zero attached hydrogens (tertiary/aromatic N) is 1. The fourth-order valence-electron chi connectivity index (χ4n) is 2.35. The SMILES string of the molecule is CN(C)C[C@@]12C=C[C@@H](C[C@H](O)C1)O2. The molecule has 1 fully saturated rings. The van der Waals surface area contributed by atoms with Crippen LogP contribution in [-0.4, -0.2) is 48.5 Å². The predicted octanol–water partition coefficient (Wildman–Crippen LogP) is 0.396. The van der Waals surface area contributed by atoms with Crippen molar-refractivity contribution in [1.82, 2.24) is 4.90 Å². The van der Waals surface area contributed by atoms with E-state index in [0.717, 1.165) is 19.4 Å². The van der Waals surface area contributed by atoms with Crippen molar-refractivity contribution in [3.05, 3.63) is 12.2 Å². The molecule has 0 saturated carbocycles. The molecule has 0 unspecified atom stereocenters. The molecule has 3 nitrogen and oxygen atoms in total. The van der Waals surface area contributed by atoms with Gasteiger partial charge in [-0.25, -0.2) is 0 Å². The van der Waals surface area contributed by atoms with E-state index in [1.807, 2.05) is 14.1 Å². The molecule has 0 aliphatic carbocycles. The molecule has 2 aliphatic rings. The Morgan fingerprint density at radius 3 is 3.08 bits per heavy atom. The van der Waals surface area contributed by atoms with Crippen LogP contribution in [0.25, 0.3) is 0 Å². The molecular weight excluding hydrogens is 166 g/mol. The summed E-state index contributed by atoms with van der Waals surface area (Å²) in [5.74, 6) is 0. The zero-order chi connectivity index (χ0) is 9.47. The second kappa shape index (κ2) is 3.08. The largest absolute Gasteiger partial charge is 0.393 e. The molecular formula is C10H17NO2. The van der Waals surface area contributed by atoms with Crippen molar-refractivity contribution in [3.63, 3.8) is 0 Å². The Balaban J connectivity index is 2.09. The summed E-state index contributed by atoms with van der Waals surface area (Å²) >= 11 is 0. The molecule has 0 aromatic carbocycles. The second-order valence-electron chi connectivity index (χ2n) is 4.41. The molecule has 3 atom stereocenters. The van der Waals surface area contributed by atoms with E-state index in [0.29, 0.717) is 0 Å². The molecule has 2 bridgehead atoms. The summed E-state index contributed by atoms with van der Waals surface area (Å²) in [4.78, 5) is 2.10. The minimum absolute atomic E-state index is 0.142. The molecule has 13 heavy (non-hydrogen) atoms. The van der Waals surface area contributed by atoms with Gasteiger partial charge in [0.05, 0.1) is 12.2 Å². The summed E-state index contributed by atoms with van der Waals surface area (Å²) in [6.07, 6.45) is 5.63. The Labute approximate surface area is 79.0 Å². The molecule has 2 aliphatic heterocycles. The molecule has 1 N–H and O–H groups in total. The summed E-state index contributed by atoms with van der Waals surface area (Å²) in [6, 6.07) is 0. The first-order chi connectivity index (χ1) is 6.10. The summed E-state index contributed by atoms with van der Waals surface area (Å²) in [6.45, 7) is 0.858. The number of ether oxygens (including phenoxy) is 1. The quantitative estimate of drug-likeness (QED) is 0.629. The van der Waals surface area contributed by atoms with Gasteiger partial charge in [-0.1, -0.05) is 12.2 Å². The molecule has 0 aromatic heterocycles. The second-order valence-corrected chi connectivity index (χ2v) is 4.41.